The van der Waals surface area contributed by atoms with E-state index in [1.165, 1.54) is 6.07 Å². The molecule has 1 heterocycles. The fraction of sp³-hybridized carbons (Fsp3) is 0.294. The van der Waals surface area contributed by atoms with Gasteiger partial charge in [-0.3, -0.25) is 0 Å². The molecule has 1 unspecified atom stereocenters. The lowest BCUT2D eigenvalue weighted by Crippen LogP contribution is -2.29. The molecule has 1 N–H and O–H groups in total. The molecule has 4 heteroatoms. The molecule has 3 rings (SSSR count). The van der Waals surface area contributed by atoms with Crippen LogP contribution >= 0.6 is 0 Å². The van der Waals surface area contributed by atoms with E-state index < -0.39 is 0 Å². The van der Waals surface area contributed by atoms with E-state index in [-0.39, 0.29) is 11.9 Å². The summed E-state index contributed by atoms with van der Waals surface area (Å²) in [5.74, 6) is 1.45. The highest BCUT2D eigenvalue weighted by Crippen LogP contribution is 2.28. The van der Waals surface area contributed by atoms with Gasteiger partial charge in [-0.15, -0.1) is 0 Å². The van der Waals surface area contributed by atoms with E-state index in [4.69, 9.17) is 9.47 Å². The van der Waals surface area contributed by atoms with Crippen LogP contribution in [0.5, 0.6) is 11.5 Å². The first-order valence-corrected chi connectivity index (χ1v) is 7.03. The average Bonchev–Trinajstić information content (AvgIpc) is 2.89. The van der Waals surface area contributed by atoms with Crippen LogP contribution < -0.4 is 14.8 Å². The van der Waals surface area contributed by atoms with Gasteiger partial charge in [0.05, 0.1) is 7.11 Å². The minimum absolute atomic E-state index is 0.0624. The molecule has 3 nitrogen and oxygen atoms in total. The first-order valence-electron chi connectivity index (χ1n) is 7.03. The highest BCUT2D eigenvalue weighted by atomic mass is 19.1. The van der Waals surface area contributed by atoms with Crippen LogP contribution in [0.15, 0.2) is 42.5 Å². The van der Waals surface area contributed by atoms with Crippen LogP contribution in [0.4, 0.5) is 4.39 Å². The van der Waals surface area contributed by atoms with E-state index in [2.05, 4.69) is 11.4 Å². The smallest absolute Gasteiger partial charge is 0.123 e. The predicted octanol–water partition coefficient (Wildman–Crippen LogP) is 2.93. The number of halogens is 1. The second-order valence-corrected chi connectivity index (χ2v) is 5.18. The maximum absolute atomic E-state index is 13.2. The van der Waals surface area contributed by atoms with Crippen molar-refractivity contribution >= 4 is 0 Å². The number of hydrogen-bond donors (Lipinski definition) is 1. The lowest BCUT2D eigenvalue weighted by atomic mass is 10.1. The van der Waals surface area contributed by atoms with Crippen molar-refractivity contribution in [3.05, 3.63) is 59.4 Å². The van der Waals surface area contributed by atoms with E-state index in [9.17, 15) is 4.39 Å². The van der Waals surface area contributed by atoms with Crippen molar-refractivity contribution in [1.82, 2.24) is 5.32 Å². The maximum atomic E-state index is 13.2. The van der Waals surface area contributed by atoms with Crippen molar-refractivity contribution in [2.45, 2.75) is 19.1 Å². The van der Waals surface area contributed by atoms with Crippen LogP contribution in [0.3, 0.4) is 0 Å². The zero-order valence-electron chi connectivity index (χ0n) is 11.9. The molecule has 110 valence electrons. The predicted molar refractivity (Wildman–Crippen MR) is 79.2 cm³/mol. The van der Waals surface area contributed by atoms with Gasteiger partial charge in [0.15, 0.2) is 0 Å². The average molecular weight is 287 g/mol. The second kappa shape index (κ2) is 6.14. The highest BCUT2D eigenvalue weighted by Gasteiger charge is 2.22. The maximum Gasteiger partial charge on any atom is 0.123 e. The molecule has 1 aliphatic rings. The van der Waals surface area contributed by atoms with Crippen LogP contribution in [0.2, 0.25) is 0 Å². The Labute approximate surface area is 123 Å². The van der Waals surface area contributed by atoms with Gasteiger partial charge in [0.2, 0.25) is 0 Å². The van der Waals surface area contributed by atoms with Crippen LogP contribution in [-0.4, -0.2) is 19.8 Å². The van der Waals surface area contributed by atoms with Gasteiger partial charge in [0.1, 0.15) is 23.4 Å². The molecule has 2 aromatic rings. The molecule has 0 saturated carbocycles. The van der Waals surface area contributed by atoms with Crippen molar-refractivity contribution < 1.29 is 13.9 Å². The summed E-state index contributed by atoms with van der Waals surface area (Å²) >= 11 is 0. The number of benzene rings is 2. The molecule has 0 aliphatic carbocycles. The molecule has 0 spiro atoms. The SMILES string of the molecule is COc1cccc(CNCC2Cc3cc(F)ccc3O2)c1. The van der Waals surface area contributed by atoms with Gasteiger partial charge in [0, 0.05) is 25.1 Å². The normalized spacial score (nSPS) is 16.4. The topological polar surface area (TPSA) is 30.5 Å². The molecule has 21 heavy (non-hydrogen) atoms. The third-order valence-electron chi connectivity index (χ3n) is 3.60. The van der Waals surface area contributed by atoms with Gasteiger partial charge in [0.25, 0.3) is 0 Å². The number of hydrogen-bond acceptors (Lipinski definition) is 3. The van der Waals surface area contributed by atoms with E-state index in [0.29, 0.717) is 0 Å². The first kappa shape index (κ1) is 13.9. The summed E-state index contributed by atoms with van der Waals surface area (Å²) < 4.78 is 24.1. The Morgan fingerprint density at radius 2 is 2.19 bits per heavy atom. The van der Waals surface area contributed by atoms with Crippen LogP contribution in [0, 0.1) is 5.82 Å². The first-order chi connectivity index (χ1) is 10.2. The summed E-state index contributed by atoms with van der Waals surface area (Å²) in [7, 11) is 1.66. The van der Waals surface area contributed by atoms with Crippen LogP contribution in [-0.2, 0) is 13.0 Å². The molecule has 1 atom stereocenters. The fourth-order valence-electron chi connectivity index (χ4n) is 2.56. The zero-order valence-corrected chi connectivity index (χ0v) is 11.9. The molecule has 2 aromatic carbocycles. The Morgan fingerprint density at radius 3 is 3.05 bits per heavy atom. The molecule has 0 aromatic heterocycles. The third kappa shape index (κ3) is 3.34. The van der Waals surface area contributed by atoms with Crippen LogP contribution in [0.1, 0.15) is 11.1 Å². The van der Waals surface area contributed by atoms with Crippen molar-refractivity contribution in [2.24, 2.45) is 0 Å². The number of methoxy groups -OCH3 is 1. The standard InChI is InChI=1S/C17H18FNO2/c1-20-15-4-2-3-12(7-15)10-19-11-16-9-13-8-14(18)5-6-17(13)21-16/h2-8,16,19H,9-11H2,1H3. The zero-order chi connectivity index (χ0) is 14.7. The van der Waals surface area contributed by atoms with Crippen LogP contribution in [0.25, 0.3) is 0 Å². The number of ether oxygens (including phenoxy) is 2. The molecular formula is C17H18FNO2. The Balaban J connectivity index is 1.51. The Bertz CT molecular complexity index is 630. The van der Waals surface area contributed by atoms with Gasteiger partial charge < -0.3 is 14.8 Å². The largest absolute Gasteiger partial charge is 0.497 e. The Kier molecular flexibility index (Phi) is 4.06. The van der Waals surface area contributed by atoms with Gasteiger partial charge in [-0.1, -0.05) is 12.1 Å². The summed E-state index contributed by atoms with van der Waals surface area (Å²) in [4.78, 5) is 0. The van der Waals surface area contributed by atoms with E-state index in [1.54, 1.807) is 19.2 Å². The number of fused-ring (bicyclic) bond motifs is 1. The highest BCUT2D eigenvalue weighted by molar-refractivity contribution is 5.38. The summed E-state index contributed by atoms with van der Waals surface area (Å²) in [6, 6.07) is 12.6. The van der Waals surface area contributed by atoms with Gasteiger partial charge in [-0.2, -0.15) is 0 Å². The minimum Gasteiger partial charge on any atom is -0.497 e. The molecular weight excluding hydrogens is 269 g/mol. The van der Waals surface area contributed by atoms with Gasteiger partial charge in [-0.25, -0.2) is 4.39 Å². The summed E-state index contributed by atoms with van der Waals surface area (Å²) in [6.07, 6.45) is 0.811. The van der Waals surface area contributed by atoms with E-state index in [0.717, 1.165) is 42.1 Å². The monoisotopic (exact) mass is 287 g/mol. The lowest BCUT2D eigenvalue weighted by molar-refractivity contribution is 0.227. The van der Waals surface area contributed by atoms with E-state index in [1.807, 2.05) is 18.2 Å². The third-order valence-corrected chi connectivity index (χ3v) is 3.60. The number of nitrogens with one attached hydrogen (secondary N) is 1. The van der Waals surface area contributed by atoms with Crippen molar-refractivity contribution in [3.63, 3.8) is 0 Å². The molecule has 0 radical (unpaired) electrons. The second-order valence-electron chi connectivity index (χ2n) is 5.18. The summed E-state index contributed by atoms with van der Waals surface area (Å²) in [5, 5.41) is 3.37. The Morgan fingerprint density at radius 1 is 1.29 bits per heavy atom. The van der Waals surface area contributed by atoms with Crippen molar-refractivity contribution in [1.29, 1.82) is 0 Å². The van der Waals surface area contributed by atoms with Gasteiger partial charge in [-0.05, 0) is 35.9 Å². The summed E-state index contributed by atoms with van der Waals surface area (Å²) in [5.41, 5.74) is 2.11. The van der Waals surface area contributed by atoms with Crippen molar-refractivity contribution in [2.75, 3.05) is 13.7 Å². The summed E-state index contributed by atoms with van der Waals surface area (Å²) in [6.45, 7) is 1.48. The molecule has 0 bridgehead atoms. The molecule has 0 fully saturated rings. The number of rotatable bonds is 5. The minimum atomic E-state index is -0.206. The molecule has 1 aliphatic heterocycles. The van der Waals surface area contributed by atoms with Crippen molar-refractivity contribution in [3.8, 4) is 11.5 Å². The fourth-order valence-corrected chi connectivity index (χ4v) is 2.56. The lowest BCUT2D eigenvalue weighted by Gasteiger charge is -2.12. The van der Waals surface area contributed by atoms with E-state index >= 15 is 0 Å². The molecule has 0 amide bonds. The van der Waals surface area contributed by atoms with Gasteiger partial charge >= 0.3 is 0 Å². The molecule has 0 saturated heterocycles. The Hall–Kier alpha value is -2.07. The quantitative estimate of drug-likeness (QED) is 0.917.